The van der Waals surface area contributed by atoms with Gasteiger partial charge in [0.1, 0.15) is 11.3 Å². The summed E-state index contributed by atoms with van der Waals surface area (Å²) in [6, 6.07) is 11.1. The number of carbonyl (C=O) groups is 1. The minimum Gasteiger partial charge on any atom is -0.497 e. The summed E-state index contributed by atoms with van der Waals surface area (Å²) in [5.41, 5.74) is 8.21. The molecule has 0 aliphatic rings. The van der Waals surface area contributed by atoms with Gasteiger partial charge in [-0.25, -0.2) is 4.99 Å². The first-order valence-corrected chi connectivity index (χ1v) is 7.61. The van der Waals surface area contributed by atoms with Gasteiger partial charge in [-0.15, -0.1) is 0 Å². The number of nitrogens with one attached hydrogen (secondary N) is 1. The standard InChI is InChI=1S/C18H17N5O2/c1-25-14-6-4-12(5-7-14)11-21-18-16(17(19)24)15(22-23-18)9-13-3-2-8-20-10-13/h2-8,10-11H,9H2,1H3,(H2,19,24)(H,22,23). The van der Waals surface area contributed by atoms with Gasteiger partial charge in [0.2, 0.25) is 0 Å². The number of amides is 1. The number of nitrogens with two attached hydrogens (primary N) is 1. The molecule has 0 fully saturated rings. The summed E-state index contributed by atoms with van der Waals surface area (Å²) in [6.45, 7) is 0. The highest BCUT2D eigenvalue weighted by Gasteiger charge is 2.17. The predicted molar refractivity (Wildman–Crippen MR) is 94.4 cm³/mol. The van der Waals surface area contributed by atoms with Crippen LogP contribution >= 0.6 is 0 Å². The number of methoxy groups -OCH3 is 1. The fourth-order valence-electron chi connectivity index (χ4n) is 2.38. The van der Waals surface area contributed by atoms with E-state index in [-0.39, 0.29) is 11.4 Å². The average Bonchev–Trinajstić information content (AvgIpc) is 3.04. The first-order chi connectivity index (χ1) is 12.2. The highest BCUT2D eigenvalue weighted by molar-refractivity contribution is 5.99. The number of nitrogens with zero attached hydrogens (tertiary/aromatic N) is 3. The van der Waals surface area contributed by atoms with Crippen molar-refractivity contribution < 1.29 is 9.53 Å². The van der Waals surface area contributed by atoms with E-state index in [9.17, 15) is 4.79 Å². The molecule has 0 saturated heterocycles. The van der Waals surface area contributed by atoms with Crippen molar-refractivity contribution in [3.8, 4) is 5.75 Å². The van der Waals surface area contributed by atoms with Crippen LogP contribution < -0.4 is 10.5 Å². The van der Waals surface area contributed by atoms with Crippen LogP contribution in [0.3, 0.4) is 0 Å². The average molecular weight is 335 g/mol. The smallest absolute Gasteiger partial charge is 0.254 e. The Morgan fingerprint density at radius 2 is 2.12 bits per heavy atom. The Balaban J connectivity index is 1.86. The Labute approximate surface area is 144 Å². The monoisotopic (exact) mass is 335 g/mol. The zero-order chi connectivity index (χ0) is 17.6. The topological polar surface area (TPSA) is 106 Å². The maximum absolute atomic E-state index is 11.8. The lowest BCUT2D eigenvalue weighted by Crippen LogP contribution is -2.13. The van der Waals surface area contributed by atoms with E-state index in [1.165, 1.54) is 0 Å². The number of benzene rings is 1. The number of H-pyrrole nitrogens is 1. The molecule has 0 aliphatic heterocycles. The van der Waals surface area contributed by atoms with E-state index < -0.39 is 5.91 Å². The summed E-state index contributed by atoms with van der Waals surface area (Å²) in [7, 11) is 1.61. The number of ether oxygens (including phenoxy) is 1. The highest BCUT2D eigenvalue weighted by atomic mass is 16.5. The quantitative estimate of drug-likeness (QED) is 0.674. The number of aromatic amines is 1. The van der Waals surface area contributed by atoms with Crippen LogP contribution in [-0.4, -0.2) is 34.4 Å². The van der Waals surface area contributed by atoms with E-state index in [0.717, 1.165) is 16.9 Å². The minimum atomic E-state index is -0.575. The molecule has 0 unspecified atom stereocenters. The molecule has 0 atom stereocenters. The summed E-state index contributed by atoms with van der Waals surface area (Å²) < 4.78 is 5.11. The molecule has 0 spiro atoms. The molecule has 0 aliphatic carbocycles. The molecule has 25 heavy (non-hydrogen) atoms. The molecule has 7 nitrogen and oxygen atoms in total. The van der Waals surface area contributed by atoms with Crippen molar-refractivity contribution in [2.45, 2.75) is 6.42 Å². The van der Waals surface area contributed by atoms with E-state index in [1.54, 1.807) is 25.7 Å². The van der Waals surface area contributed by atoms with Gasteiger partial charge in [0.25, 0.3) is 5.91 Å². The van der Waals surface area contributed by atoms with Crippen LogP contribution in [0.4, 0.5) is 5.82 Å². The Bertz CT molecular complexity index is 886. The maximum atomic E-state index is 11.8. The number of hydrogen-bond acceptors (Lipinski definition) is 5. The first-order valence-electron chi connectivity index (χ1n) is 7.61. The van der Waals surface area contributed by atoms with Crippen molar-refractivity contribution in [2.75, 3.05) is 7.11 Å². The number of carbonyl (C=O) groups excluding carboxylic acids is 1. The highest BCUT2D eigenvalue weighted by Crippen LogP contribution is 2.21. The molecule has 0 bridgehead atoms. The molecule has 126 valence electrons. The largest absolute Gasteiger partial charge is 0.497 e. The fraction of sp³-hybridized carbons (Fsp3) is 0.111. The second-order valence-electron chi connectivity index (χ2n) is 5.33. The van der Waals surface area contributed by atoms with Gasteiger partial charge >= 0.3 is 0 Å². The Kier molecular flexibility index (Phi) is 4.84. The molecule has 3 N–H and O–H groups in total. The van der Waals surface area contributed by atoms with Crippen molar-refractivity contribution in [1.29, 1.82) is 0 Å². The van der Waals surface area contributed by atoms with E-state index >= 15 is 0 Å². The molecule has 2 aromatic heterocycles. The van der Waals surface area contributed by atoms with Crippen molar-refractivity contribution >= 4 is 17.9 Å². The molecule has 1 amide bonds. The number of aromatic nitrogens is 3. The lowest BCUT2D eigenvalue weighted by molar-refractivity contribution is 0.100. The van der Waals surface area contributed by atoms with Crippen LogP contribution in [-0.2, 0) is 6.42 Å². The zero-order valence-electron chi connectivity index (χ0n) is 13.6. The second kappa shape index (κ2) is 7.39. The van der Waals surface area contributed by atoms with Crippen molar-refractivity contribution in [3.63, 3.8) is 0 Å². The number of aliphatic imine (C=N–C) groups is 1. The van der Waals surface area contributed by atoms with E-state index in [1.807, 2.05) is 36.4 Å². The third-order valence-electron chi connectivity index (χ3n) is 3.62. The molecule has 7 heteroatoms. The molecule has 3 rings (SSSR count). The van der Waals surface area contributed by atoms with Gasteiger partial charge < -0.3 is 10.5 Å². The van der Waals surface area contributed by atoms with Crippen molar-refractivity contribution in [1.82, 2.24) is 15.2 Å². The SMILES string of the molecule is COc1ccc(C=Nc2n[nH]c(Cc3cccnc3)c2C(N)=O)cc1. The predicted octanol–water partition coefficient (Wildman–Crippen LogP) is 2.25. The molecule has 0 radical (unpaired) electrons. The Morgan fingerprint density at radius 3 is 2.76 bits per heavy atom. The lowest BCUT2D eigenvalue weighted by Gasteiger charge is -2.01. The molecule has 0 saturated carbocycles. The van der Waals surface area contributed by atoms with Gasteiger partial charge in [-0.1, -0.05) is 6.07 Å². The number of hydrogen-bond donors (Lipinski definition) is 2. The fourth-order valence-corrected chi connectivity index (χ4v) is 2.38. The maximum Gasteiger partial charge on any atom is 0.254 e. The van der Waals surface area contributed by atoms with Crippen molar-refractivity contribution in [3.05, 3.63) is 71.2 Å². The van der Waals surface area contributed by atoms with E-state index in [4.69, 9.17) is 10.5 Å². The molecule has 3 aromatic rings. The van der Waals surface area contributed by atoms with Crippen LogP contribution in [0.25, 0.3) is 0 Å². The second-order valence-corrected chi connectivity index (χ2v) is 5.33. The molecular weight excluding hydrogens is 318 g/mol. The van der Waals surface area contributed by atoms with E-state index in [0.29, 0.717) is 12.1 Å². The van der Waals surface area contributed by atoms with Crippen LogP contribution in [0.5, 0.6) is 5.75 Å². The van der Waals surface area contributed by atoms with Gasteiger partial charge in [-0.3, -0.25) is 14.9 Å². The summed E-state index contributed by atoms with van der Waals surface area (Å²) in [5, 5.41) is 6.96. The van der Waals surface area contributed by atoms with Gasteiger partial charge in [0.05, 0.1) is 12.8 Å². The van der Waals surface area contributed by atoms with Gasteiger partial charge in [0.15, 0.2) is 5.82 Å². The van der Waals surface area contributed by atoms with Crippen LogP contribution in [0.15, 0.2) is 53.8 Å². The Hall–Kier alpha value is -3.48. The number of rotatable bonds is 6. The van der Waals surface area contributed by atoms with Gasteiger partial charge in [-0.2, -0.15) is 5.10 Å². The molecule has 2 heterocycles. The van der Waals surface area contributed by atoms with E-state index in [2.05, 4.69) is 20.2 Å². The zero-order valence-corrected chi connectivity index (χ0v) is 13.6. The van der Waals surface area contributed by atoms with Crippen LogP contribution in [0.2, 0.25) is 0 Å². The van der Waals surface area contributed by atoms with Crippen LogP contribution in [0, 0.1) is 0 Å². The minimum absolute atomic E-state index is 0.266. The molecular formula is C18H17N5O2. The first kappa shape index (κ1) is 16.4. The third-order valence-corrected chi connectivity index (χ3v) is 3.62. The van der Waals surface area contributed by atoms with Crippen molar-refractivity contribution in [2.24, 2.45) is 10.7 Å². The van der Waals surface area contributed by atoms with Gasteiger partial charge in [0, 0.05) is 25.0 Å². The third kappa shape index (κ3) is 3.89. The number of pyridine rings is 1. The normalized spacial score (nSPS) is 10.9. The van der Waals surface area contributed by atoms with Gasteiger partial charge in [-0.05, 0) is 41.5 Å². The summed E-state index contributed by atoms with van der Waals surface area (Å²) >= 11 is 0. The number of primary amides is 1. The summed E-state index contributed by atoms with van der Waals surface area (Å²) in [4.78, 5) is 20.2. The lowest BCUT2D eigenvalue weighted by atomic mass is 10.1. The molecule has 1 aromatic carbocycles. The van der Waals surface area contributed by atoms with Crippen LogP contribution in [0.1, 0.15) is 27.2 Å². The summed E-state index contributed by atoms with van der Waals surface area (Å²) in [6.07, 6.45) is 5.51. The Morgan fingerprint density at radius 1 is 1.32 bits per heavy atom. The summed E-state index contributed by atoms with van der Waals surface area (Å²) in [5.74, 6) is 0.449.